The van der Waals surface area contributed by atoms with E-state index in [-0.39, 0.29) is 30.7 Å². The fourth-order valence-corrected chi connectivity index (χ4v) is 1.75. The van der Waals surface area contributed by atoms with Gasteiger partial charge in [-0.2, -0.15) is 5.10 Å². The summed E-state index contributed by atoms with van der Waals surface area (Å²) in [5, 5.41) is 11.5. The number of aromatic nitrogens is 2. The number of H-pyrrole nitrogens is 1. The van der Waals surface area contributed by atoms with Crippen molar-refractivity contribution >= 4 is 17.6 Å². The number of hydrogen-bond donors (Lipinski definition) is 4. The number of alkyl halides is 3. The van der Waals surface area contributed by atoms with Crippen molar-refractivity contribution in [1.82, 2.24) is 15.5 Å². The smallest absolute Gasteiger partial charge is 0.406 e. The number of aromatic amines is 1. The predicted octanol–water partition coefficient (Wildman–Crippen LogP) is 1.46. The molecule has 5 N–H and O–H groups in total. The Labute approximate surface area is 140 Å². The number of guanidine groups is 1. The first kappa shape index (κ1) is 18.1. The molecule has 0 fully saturated rings. The third kappa shape index (κ3) is 6.41. The third-order valence-electron chi connectivity index (χ3n) is 2.79. The number of halogens is 3. The van der Waals surface area contributed by atoms with Gasteiger partial charge in [-0.3, -0.25) is 14.9 Å². The Morgan fingerprint density at radius 3 is 2.60 bits per heavy atom. The molecule has 0 saturated carbocycles. The van der Waals surface area contributed by atoms with Gasteiger partial charge in [0.25, 0.3) is 5.91 Å². The maximum absolute atomic E-state index is 12.1. The highest BCUT2D eigenvalue weighted by Crippen LogP contribution is 2.23. The van der Waals surface area contributed by atoms with Crippen LogP contribution in [-0.4, -0.2) is 41.5 Å². The Hall–Kier alpha value is -3.24. The molecule has 2 rings (SSSR count). The van der Waals surface area contributed by atoms with Gasteiger partial charge in [0, 0.05) is 18.4 Å². The summed E-state index contributed by atoms with van der Waals surface area (Å²) in [5.41, 5.74) is 6.43. The zero-order chi connectivity index (χ0) is 18.3. The average molecular weight is 356 g/mol. The van der Waals surface area contributed by atoms with E-state index in [4.69, 9.17) is 5.73 Å². The number of amides is 1. The van der Waals surface area contributed by atoms with Crippen LogP contribution in [0.2, 0.25) is 0 Å². The second-order valence-corrected chi connectivity index (χ2v) is 4.69. The molecule has 1 aromatic carbocycles. The standard InChI is InChI=1S/C14H15F3N6O2/c15-14(16,17)25-10-3-1-9(2-4-10)22-13(18)20-8-7-19-12(24)11-5-6-21-23-11/h1-6H,7-8H2,(H,19,24)(H,21,23)(H3,18,20,22). The second kappa shape index (κ2) is 8.04. The number of rotatable bonds is 6. The Kier molecular flexibility index (Phi) is 5.82. The molecule has 2 aromatic rings. The Morgan fingerprint density at radius 1 is 1.28 bits per heavy atom. The highest BCUT2D eigenvalue weighted by Gasteiger charge is 2.30. The van der Waals surface area contributed by atoms with Gasteiger partial charge in [0.05, 0.1) is 6.54 Å². The number of benzene rings is 1. The number of ether oxygens (including phenoxy) is 1. The molecular formula is C14H15F3N6O2. The van der Waals surface area contributed by atoms with Crippen LogP contribution in [0.4, 0.5) is 18.9 Å². The van der Waals surface area contributed by atoms with Crippen molar-refractivity contribution in [3.63, 3.8) is 0 Å². The molecule has 0 bridgehead atoms. The van der Waals surface area contributed by atoms with Crippen LogP contribution < -0.4 is 21.1 Å². The minimum Gasteiger partial charge on any atom is -0.406 e. The first-order valence-electron chi connectivity index (χ1n) is 7.04. The number of carbonyl (C=O) groups is 1. The minimum atomic E-state index is -4.74. The largest absolute Gasteiger partial charge is 0.573 e. The Morgan fingerprint density at radius 2 is 2.00 bits per heavy atom. The summed E-state index contributed by atoms with van der Waals surface area (Å²) in [6.07, 6.45) is -3.28. The highest BCUT2D eigenvalue weighted by atomic mass is 19.4. The molecule has 0 spiro atoms. The van der Waals surface area contributed by atoms with Gasteiger partial charge in [-0.25, -0.2) is 0 Å². The summed E-state index contributed by atoms with van der Waals surface area (Å²) in [7, 11) is 0. The van der Waals surface area contributed by atoms with Crippen LogP contribution >= 0.6 is 0 Å². The van der Waals surface area contributed by atoms with Gasteiger partial charge < -0.3 is 21.1 Å². The van der Waals surface area contributed by atoms with Gasteiger partial charge >= 0.3 is 6.36 Å². The molecule has 8 nitrogen and oxygen atoms in total. The van der Waals surface area contributed by atoms with E-state index in [1.807, 2.05) is 0 Å². The average Bonchev–Trinajstić information content (AvgIpc) is 3.06. The van der Waals surface area contributed by atoms with Gasteiger partial charge in [0.1, 0.15) is 11.4 Å². The summed E-state index contributed by atoms with van der Waals surface area (Å²) in [5.74, 6) is -0.602. The number of aliphatic imine (C=N–C) groups is 1. The van der Waals surface area contributed by atoms with Crippen molar-refractivity contribution in [3.8, 4) is 5.75 Å². The van der Waals surface area contributed by atoms with Crippen LogP contribution in [0.15, 0.2) is 41.5 Å². The quantitative estimate of drug-likeness (QED) is 0.355. The lowest BCUT2D eigenvalue weighted by molar-refractivity contribution is -0.274. The van der Waals surface area contributed by atoms with Crippen LogP contribution in [0.3, 0.4) is 0 Å². The molecule has 134 valence electrons. The fourth-order valence-electron chi connectivity index (χ4n) is 1.75. The monoisotopic (exact) mass is 356 g/mol. The van der Waals surface area contributed by atoms with Crippen LogP contribution in [0.25, 0.3) is 0 Å². The molecule has 11 heteroatoms. The molecule has 0 saturated heterocycles. The second-order valence-electron chi connectivity index (χ2n) is 4.69. The predicted molar refractivity (Wildman–Crippen MR) is 84.2 cm³/mol. The van der Waals surface area contributed by atoms with Crippen molar-refractivity contribution in [3.05, 3.63) is 42.2 Å². The number of nitrogens with one attached hydrogen (secondary N) is 3. The maximum atomic E-state index is 12.1. The van der Waals surface area contributed by atoms with Crippen LogP contribution in [0.5, 0.6) is 5.75 Å². The van der Waals surface area contributed by atoms with Crippen molar-refractivity contribution in [1.29, 1.82) is 0 Å². The molecule has 1 heterocycles. The summed E-state index contributed by atoms with van der Waals surface area (Å²) in [4.78, 5) is 15.6. The van der Waals surface area contributed by atoms with Gasteiger partial charge in [-0.15, -0.1) is 13.2 Å². The summed E-state index contributed by atoms with van der Waals surface area (Å²) >= 11 is 0. The maximum Gasteiger partial charge on any atom is 0.573 e. The van der Waals surface area contributed by atoms with Crippen LogP contribution in [-0.2, 0) is 0 Å². The third-order valence-corrected chi connectivity index (χ3v) is 2.79. The van der Waals surface area contributed by atoms with E-state index in [0.29, 0.717) is 11.4 Å². The van der Waals surface area contributed by atoms with Gasteiger partial charge in [-0.05, 0) is 30.3 Å². The van der Waals surface area contributed by atoms with E-state index in [9.17, 15) is 18.0 Å². The molecule has 0 radical (unpaired) electrons. The van der Waals surface area contributed by atoms with Crippen molar-refractivity contribution in [2.45, 2.75) is 6.36 Å². The van der Waals surface area contributed by atoms with E-state index < -0.39 is 6.36 Å². The number of nitrogens with zero attached hydrogens (tertiary/aromatic N) is 2. The molecular weight excluding hydrogens is 341 g/mol. The first-order valence-corrected chi connectivity index (χ1v) is 7.04. The molecule has 0 atom stereocenters. The normalized spacial score (nSPS) is 11.9. The van der Waals surface area contributed by atoms with Crippen molar-refractivity contribution in [2.75, 3.05) is 18.4 Å². The molecule has 1 amide bonds. The summed E-state index contributed by atoms with van der Waals surface area (Å²) in [6.45, 7) is 0.465. The molecule has 0 unspecified atom stereocenters. The number of hydrogen-bond acceptors (Lipinski definition) is 4. The molecule has 0 aliphatic carbocycles. The van der Waals surface area contributed by atoms with E-state index in [1.165, 1.54) is 24.4 Å². The van der Waals surface area contributed by atoms with E-state index >= 15 is 0 Å². The van der Waals surface area contributed by atoms with Crippen molar-refractivity contribution in [2.24, 2.45) is 10.7 Å². The van der Waals surface area contributed by atoms with E-state index in [0.717, 1.165) is 12.1 Å². The zero-order valence-corrected chi connectivity index (χ0v) is 12.8. The minimum absolute atomic E-state index is 0.0558. The molecule has 25 heavy (non-hydrogen) atoms. The molecule has 0 aliphatic heterocycles. The molecule has 0 aliphatic rings. The lowest BCUT2D eigenvalue weighted by atomic mass is 10.3. The SMILES string of the molecule is NC(=NCCNC(=O)c1ccn[nH]1)Nc1ccc(OC(F)(F)F)cc1. The lowest BCUT2D eigenvalue weighted by Gasteiger charge is -2.10. The zero-order valence-electron chi connectivity index (χ0n) is 12.8. The van der Waals surface area contributed by atoms with Crippen molar-refractivity contribution < 1.29 is 22.7 Å². The fraction of sp³-hybridized carbons (Fsp3) is 0.214. The van der Waals surface area contributed by atoms with Crippen LogP contribution in [0, 0.1) is 0 Å². The van der Waals surface area contributed by atoms with Gasteiger partial charge in [0.2, 0.25) is 0 Å². The number of carbonyl (C=O) groups excluding carboxylic acids is 1. The highest BCUT2D eigenvalue weighted by molar-refractivity contribution is 5.93. The summed E-state index contributed by atoms with van der Waals surface area (Å²) < 4.78 is 39.9. The van der Waals surface area contributed by atoms with E-state index in [1.54, 1.807) is 0 Å². The number of anilines is 1. The summed E-state index contributed by atoms with van der Waals surface area (Å²) in [6, 6.07) is 6.55. The lowest BCUT2D eigenvalue weighted by Crippen LogP contribution is -2.28. The number of nitrogens with two attached hydrogens (primary N) is 1. The Bertz CT molecular complexity index is 713. The topological polar surface area (TPSA) is 117 Å². The van der Waals surface area contributed by atoms with Crippen LogP contribution in [0.1, 0.15) is 10.5 Å². The molecule has 1 aromatic heterocycles. The van der Waals surface area contributed by atoms with E-state index in [2.05, 4.69) is 30.6 Å². The van der Waals surface area contributed by atoms with Gasteiger partial charge in [-0.1, -0.05) is 0 Å². The Balaban J connectivity index is 1.76. The first-order chi connectivity index (χ1) is 11.8. The van der Waals surface area contributed by atoms with Gasteiger partial charge in [0.15, 0.2) is 5.96 Å².